The van der Waals surface area contributed by atoms with E-state index in [9.17, 15) is 13.6 Å². The number of carbonyl (C=O) groups excluding carboxylic acids is 1. The molecule has 0 amide bonds. The number of hydrogen-bond acceptors (Lipinski definition) is 3. The van der Waals surface area contributed by atoms with Gasteiger partial charge in [-0.25, -0.2) is 8.78 Å². The molecule has 2 atom stereocenters. The molecule has 1 aliphatic carbocycles. The van der Waals surface area contributed by atoms with Crippen molar-refractivity contribution < 1.29 is 13.6 Å². The molecule has 1 aliphatic heterocycles. The van der Waals surface area contributed by atoms with E-state index in [0.717, 1.165) is 12.5 Å². The van der Waals surface area contributed by atoms with Crippen LogP contribution < -0.4 is 5.43 Å². The van der Waals surface area contributed by atoms with Crippen LogP contribution in [0, 0.1) is 23.0 Å². The number of fused-ring (bicyclic) bond motifs is 1. The van der Waals surface area contributed by atoms with Crippen LogP contribution in [0.25, 0.3) is 0 Å². The van der Waals surface area contributed by atoms with Gasteiger partial charge in [-0.15, -0.1) is 0 Å². The Morgan fingerprint density at radius 2 is 2.10 bits per heavy atom. The van der Waals surface area contributed by atoms with Gasteiger partial charge in [0.2, 0.25) is 0 Å². The van der Waals surface area contributed by atoms with Gasteiger partial charge in [-0.2, -0.15) is 5.10 Å². The normalized spacial score (nSPS) is 27.8. The van der Waals surface area contributed by atoms with Crippen molar-refractivity contribution in [2.45, 2.75) is 32.7 Å². The Hall–Kier alpha value is -1.78. The van der Waals surface area contributed by atoms with Crippen LogP contribution in [0.3, 0.4) is 0 Å². The first-order chi connectivity index (χ1) is 9.37. The smallest absolute Gasteiger partial charge is 0.144 e. The van der Waals surface area contributed by atoms with Gasteiger partial charge in [-0.3, -0.25) is 4.79 Å². The van der Waals surface area contributed by atoms with Crippen molar-refractivity contribution in [2.75, 3.05) is 0 Å². The van der Waals surface area contributed by atoms with Crippen molar-refractivity contribution in [3.63, 3.8) is 0 Å². The van der Waals surface area contributed by atoms with Crippen LogP contribution in [-0.4, -0.2) is 17.5 Å². The first-order valence-electron chi connectivity index (χ1n) is 6.69. The number of hydrogen-bond donors (Lipinski definition) is 1. The molecule has 1 N–H and O–H groups in total. The standard InChI is InChI=1S/C15H16F2N2O/c1-15(2)6-11-13(12(20)7-15)14(19-18-11)9-4-3-8(16)5-10(9)17/h3-5,11,13,18H,6-7H2,1-2H3/t11-,13-/m1/s1. The van der Waals surface area contributed by atoms with Crippen LogP contribution in [0.4, 0.5) is 8.78 Å². The average Bonchev–Trinajstić information content (AvgIpc) is 2.71. The molecule has 2 aliphatic rings. The Morgan fingerprint density at radius 3 is 2.80 bits per heavy atom. The van der Waals surface area contributed by atoms with Gasteiger partial charge in [0.05, 0.1) is 17.7 Å². The molecule has 0 radical (unpaired) electrons. The van der Waals surface area contributed by atoms with Crippen LogP contribution in [-0.2, 0) is 4.79 Å². The number of nitrogens with zero attached hydrogens (tertiary/aromatic N) is 1. The lowest BCUT2D eigenvalue weighted by Gasteiger charge is -2.36. The maximum Gasteiger partial charge on any atom is 0.144 e. The van der Waals surface area contributed by atoms with Gasteiger partial charge >= 0.3 is 0 Å². The lowest BCUT2D eigenvalue weighted by Crippen LogP contribution is -2.45. The number of carbonyl (C=O) groups is 1. The molecule has 0 saturated heterocycles. The molecule has 20 heavy (non-hydrogen) atoms. The minimum atomic E-state index is -0.677. The van der Waals surface area contributed by atoms with Crippen molar-refractivity contribution >= 4 is 11.5 Å². The second kappa shape index (κ2) is 4.36. The summed E-state index contributed by atoms with van der Waals surface area (Å²) in [4.78, 5) is 12.3. The third-order valence-corrected chi connectivity index (χ3v) is 4.03. The van der Waals surface area contributed by atoms with E-state index in [1.54, 1.807) is 0 Å². The Morgan fingerprint density at radius 1 is 1.35 bits per heavy atom. The number of halogens is 2. The Bertz CT molecular complexity index is 610. The molecule has 3 nitrogen and oxygen atoms in total. The predicted molar refractivity (Wildman–Crippen MR) is 71.3 cm³/mol. The van der Waals surface area contributed by atoms with Gasteiger partial charge in [0.15, 0.2) is 0 Å². The van der Waals surface area contributed by atoms with Crippen molar-refractivity contribution in [1.29, 1.82) is 0 Å². The molecule has 1 saturated carbocycles. The molecular weight excluding hydrogens is 262 g/mol. The highest BCUT2D eigenvalue weighted by Gasteiger charge is 2.46. The van der Waals surface area contributed by atoms with Gasteiger partial charge in [0, 0.05) is 18.1 Å². The molecule has 1 heterocycles. The van der Waals surface area contributed by atoms with E-state index in [4.69, 9.17) is 0 Å². The van der Waals surface area contributed by atoms with Gasteiger partial charge in [0.25, 0.3) is 0 Å². The highest BCUT2D eigenvalue weighted by Crippen LogP contribution is 2.39. The third kappa shape index (κ3) is 2.11. The first kappa shape index (κ1) is 13.2. The van der Waals surface area contributed by atoms with Crippen LogP contribution in [0.2, 0.25) is 0 Å². The Labute approximate surface area is 116 Å². The highest BCUT2D eigenvalue weighted by molar-refractivity contribution is 6.15. The molecule has 5 heteroatoms. The van der Waals surface area contributed by atoms with Gasteiger partial charge in [0.1, 0.15) is 17.4 Å². The van der Waals surface area contributed by atoms with E-state index < -0.39 is 17.6 Å². The highest BCUT2D eigenvalue weighted by atomic mass is 19.1. The quantitative estimate of drug-likeness (QED) is 0.858. The zero-order chi connectivity index (χ0) is 14.5. The molecule has 1 aromatic rings. The summed E-state index contributed by atoms with van der Waals surface area (Å²) < 4.78 is 26.9. The second-order valence-electron chi connectivity index (χ2n) is 6.35. The lowest BCUT2D eigenvalue weighted by molar-refractivity contribution is -0.126. The number of benzene rings is 1. The van der Waals surface area contributed by atoms with E-state index in [-0.39, 0.29) is 22.8 Å². The van der Waals surface area contributed by atoms with E-state index in [1.807, 2.05) is 13.8 Å². The van der Waals surface area contributed by atoms with E-state index in [2.05, 4.69) is 10.5 Å². The van der Waals surface area contributed by atoms with Crippen molar-refractivity contribution in [1.82, 2.24) is 5.43 Å². The topological polar surface area (TPSA) is 41.5 Å². The van der Waals surface area contributed by atoms with Gasteiger partial charge < -0.3 is 5.43 Å². The summed E-state index contributed by atoms with van der Waals surface area (Å²) in [6, 6.07) is 3.26. The molecule has 1 aromatic carbocycles. The summed E-state index contributed by atoms with van der Waals surface area (Å²) in [7, 11) is 0. The summed E-state index contributed by atoms with van der Waals surface area (Å²) in [6.07, 6.45) is 1.26. The Balaban J connectivity index is 1.95. The lowest BCUT2D eigenvalue weighted by atomic mass is 9.68. The summed E-state index contributed by atoms with van der Waals surface area (Å²) in [6.45, 7) is 4.08. The fourth-order valence-corrected chi connectivity index (χ4v) is 3.20. The number of ketones is 1. The second-order valence-corrected chi connectivity index (χ2v) is 6.35. The molecule has 0 spiro atoms. The monoisotopic (exact) mass is 278 g/mol. The summed E-state index contributed by atoms with van der Waals surface area (Å²) in [5.74, 6) is -1.67. The number of Topliss-reactive ketones (excluding diaryl/α,β-unsaturated/α-hetero) is 1. The first-order valence-corrected chi connectivity index (χ1v) is 6.69. The average molecular weight is 278 g/mol. The van der Waals surface area contributed by atoms with Crippen molar-refractivity contribution in [3.05, 3.63) is 35.4 Å². The van der Waals surface area contributed by atoms with Crippen molar-refractivity contribution in [3.8, 4) is 0 Å². The Kier molecular flexibility index (Phi) is 2.88. The molecule has 0 aromatic heterocycles. The zero-order valence-corrected chi connectivity index (χ0v) is 11.4. The maximum absolute atomic E-state index is 13.9. The maximum atomic E-state index is 13.9. The molecular formula is C15H16F2N2O. The molecule has 0 bridgehead atoms. The van der Waals surface area contributed by atoms with Crippen LogP contribution in [0.1, 0.15) is 32.3 Å². The van der Waals surface area contributed by atoms with E-state index in [0.29, 0.717) is 12.1 Å². The molecule has 106 valence electrons. The zero-order valence-electron chi connectivity index (χ0n) is 11.4. The minimum Gasteiger partial charge on any atom is -0.306 e. The third-order valence-electron chi connectivity index (χ3n) is 4.03. The fraction of sp³-hybridized carbons (Fsp3) is 0.467. The number of nitrogens with one attached hydrogen (secondary N) is 1. The SMILES string of the molecule is CC1(C)CC(=O)[C@@H]2C(c3ccc(F)cc3F)=NN[C@@H]2C1. The minimum absolute atomic E-state index is 0.0683. The summed E-state index contributed by atoms with van der Waals surface area (Å²) >= 11 is 0. The summed E-state index contributed by atoms with van der Waals surface area (Å²) in [5, 5.41) is 4.14. The van der Waals surface area contributed by atoms with E-state index >= 15 is 0 Å². The van der Waals surface area contributed by atoms with Crippen LogP contribution in [0.5, 0.6) is 0 Å². The molecule has 1 fully saturated rings. The number of hydrazone groups is 1. The predicted octanol–water partition coefficient (Wildman–Crippen LogP) is 2.65. The van der Waals surface area contributed by atoms with Gasteiger partial charge in [-0.05, 0) is 24.0 Å². The summed E-state index contributed by atoms with van der Waals surface area (Å²) in [5.41, 5.74) is 3.47. The number of rotatable bonds is 1. The largest absolute Gasteiger partial charge is 0.306 e. The molecule has 3 rings (SSSR count). The fourth-order valence-electron chi connectivity index (χ4n) is 3.20. The van der Waals surface area contributed by atoms with Crippen LogP contribution >= 0.6 is 0 Å². The van der Waals surface area contributed by atoms with Crippen molar-refractivity contribution in [2.24, 2.45) is 16.4 Å². The van der Waals surface area contributed by atoms with Gasteiger partial charge in [-0.1, -0.05) is 13.8 Å². The molecule has 0 unspecified atom stereocenters. The van der Waals surface area contributed by atoms with Crippen LogP contribution in [0.15, 0.2) is 23.3 Å². The van der Waals surface area contributed by atoms with E-state index in [1.165, 1.54) is 12.1 Å².